The lowest BCUT2D eigenvalue weighted by atomic mass is 10.2. The Labute approximate surface area is 194 Å². The third kappa shape index (κ3) is 4.27. The van der Waals surface area contributed by atoms with Crippen LogP contribution in [0.5, 0.6) is 0 Å². The number of hydrogen-bond donors (Lipinski definition) is 0. The molecule has 168 valence electrons. The highest BCUT2D eigenvalue weighted by molar-refractivity contribution is 7.98. The number of amides is 1. The zero-order chi connectivity index (χ0) is 22.9. The Hall–Kier alpha value is -2.40. The fourth-order valence-corrected chi connectivity index (χ4v) is 6.02. The summed E-state index contributed by atoms with van der Waals surface area (Å²) < 4.78 is 42.3. The Kier molecular flexibility index (Phi) is 6.57. The summed E-state index contributed by atoms with van der Waals surface area (Å²) >= 11 is 7.45. The first-order chi connectivity index (χ1) is 15.3. The van der Waals surface area contributed by atoms with Crippen LogP contribution in [0.1, 0.15) is 10.5 Å². The third-order valence-corrected chi connectivity index (χ3v) is 8.25. The van der Waals surface area contributed by atoms with Crippen LogP contribution in [-0.4, -0.2) is 65.5 Å². The molecule has 1 fully saturated rings. The maximum atomic E-state index is 13.4. The van der Waals surface area contributed by atoms with Crippen LogP contribution in [0, 0.1) is 5.82 Å². The monoisotopic (exact) mass is 494 g/mol. The summed E-state index contributed by atoms with van der Waals surface area (Å²) in [6.45, 7) is 0.760. The number of aromatic nitrogens is 2. The number of carbonyl (C=O) groups excluding carboxylic acids is 1. The summed E-state index contributed by atoms with van der Waals surface area (Å²) in [4.78, 5) is 19.2. The molecule has 2 heterocycles. The quantitative estimate of drug-likeness (QED) is 0.507. The average Bonchev–Trinajstić information content (AvgIpc) is 3.23. The Morgan fingerprint density at radius 3 is 2.34 bits per heavy atom. The lowest BCUT2D eigenvalue weighted by Gasteiger charge is -2.34. The predicted molar refractivity (Wildman–Crippen MR) is 121 cm³/mol. The number of sulfonamides is 1. The van der Waals surface area contributed by atoms with Gasteiger partial charge in [0.15, 0.2) is 5.16 Å². The van der Waals surface area contributed by atoms with Gasteiger partial charge in [0, 0.05) is 31.9 Å². The van der Waals surface area contributed by atoms with Crippen molar-refractivity contribution < 1.29 is 17.6 Å². The molecule has 7 nitrogen and oxygen atoms in total. The Bertz CT molecular complexity index is 1240. The summed E-state index contributed by atoms with van der Waals surface area (Å²) in [5.41, 5.74) is 0.958. The SMILES string of the molecule is CSc1ncc(C(=O)N2CCN(S(=O)(=O)c3ccccc3Cl)CC2)n1-c1ccc(F)cc1. The minimum atomic E-state index is -3.75. The van der Waals surface area contributed by atoms with E-state index in [1.165, 1.54) is 46.5 Å². The first kappa shape index (κ1) is 22.8. The van der Waals surface area contributed by atoms with E-state index in [2.05, 4.69) is 4.98 Å². The van der Waals surface area contributed by atoms with Crippen molar-refractivity contribution in [1.82, 2.24) is 18.8 Å². The molecule has 1 aliphatic heterocycles. The van der Waals surface area contributed by atoms with Gasteiger partial charge in [0.05, 0.1) is 11.2 Å². The summed E-state index contributed by atoms with van der Waals surface area (Å²) in [6.07, 6.45) is 3.33. The van der Waals surface area contributed by atoms with Crippen LogP contribution >= 0.6 is 23.4 Å². The number of nitrogens with zero attached hydrogens (tertiary/aromatic N) is 4. The van der Waals surface area contributed by atoms with Gasteiger partial charge in [-0.05, 0) is 42.7 Å². The van der Waals surface area contributed by atoms with Gasteiger partial charge in [-0.1, -0.05) is 35.5 Å². The number of piperazine rings is 1. The second-order valence-corrected chi connectivity index (χ2v) is 10.2. The van der Waals surface area contributed by atoms with Crippen molar-refractivity contribution in [2.45, 2.75) is 10.1 Å². The Morgan fingerprint density at radius 2 is 1.72 bits per heavy atom. The van der Waals surface area contributed by atoms with Crippen molar-refractivity contribution in [2.75, 3.05) is 32.4 Å². The van der Waals surface area contributed by atoms with Crippen molar-refractivity contribution in [3.05, 3.63) is 71.3 Å². The van der Waals surface area contributed by atoms with Crippen LogP contribution in [0.25, 0.3) is 5.69 Å². The van der Waals surface area contributed by atoms with E-state index in [0.717, 1.165) is 0 Å². The molecule has 1 aromatic heterocycles. The molecule has 0 spiro atoms. The topological polar surface area (TPSA) is 75.5 Å². The molecule has 0 aliphatic carbocycles. The first-order valence-electron chi connectivity index (χ1n) is 9.74. The summed E-state index contributed by atoms with van der Waals surface area (Å²) in [5.74, 6) is -0.639. The van der Waals surface area contributed by atoms with Crippen molar-refractivity contribution in [2.24, 2.45) is 0 Å². The molecule has 0 saturated carbocycles. The van der Waals surface area contributed by atoms with Crippen LogP contribution < -0.4 is 0 Å². The minimum Gasteiger partial charge on any atom is -0.335 e. The van der Waals surface area contributed by atoms with E-state index in [1.54, 1.807) is 33.7 Å². The number of thioether (sulfide) groups is 1. The lowest BCUT2D eigenvalue weighted by Crippen LogP contribution is -2.50. The van der Waals surface area contributed by atoms with Crippen LogP contribution in [0.3, 0.4) is 0 Å². The van der Waals surface area contributed by atoms with E-state index < -0.39 is 10.0 Å². The lowest BCUT2D eigenvalue weighted by molar-refractivity contribution is 0.0689. The summed E-state index contributed by atoms with van der Waals surface area (Å²) in [7, 11) is -3.75. The molecule has 3 aromatic rings. The maximum Gasteiger partial charge on any atom is 0.272 e. The van der Waals surface area contributed by atoms with Crippen LogP contribution in [0.2, 0.25) is 5.02 Å². The van der Waals surface area contributed by atoms with Crippen molar-refractivity contribution in [3.8, 4) is 5.69 Å². The molecule has 1 saturated heterocycles. The van der Waals surface area contributed by atoms with Crippen molar-refractivity contribution in [3.63, 3.8) is 0 Å². The van der Waals surface area contributed by atoms with Gasteiger partial charge in [0.25, 0.3) is 5.91 Å². The molecule has 11 heteroatoms. The largest absolute Gasteiger partial charge is 0.335 e. The summed E-state index contributed by atoms with van der Waals surface area (Å²) in [5, 5.41) is 0.763. The van der Waals surface area contributed by atoms with Crippen molar-refractivity contribution in [1.29, 1.82) is 0 Å². The smallest absolute Gasteiger partial charge is 0.272 e. The zero-order valence-electron chi connectivity index (χ0n) is 17.1. The Morgan fingerprint density at radius 1 is 1.06 bits per heavy atom. The normalized spacial score (nSPS) is 15.2. The number of benzene rings is 2. The Balaban J connectivity index is 1.54. The van der Waals surface area contributed by atoms with Gasteiger partial charge in [-0.25, -0.2) is 17.8 Å². The van der Waals surface area contributed by atoms with E-state index in [0.29, 0.717) is 16.5 Å². The molecule has 0 radical (unpaired) electrons. The predicted octanol–water partition coefficient (Wildman–Crippen LogP) is 3.53. The van der Waals surface area contributed by atoms with Gasteiger partial charge in [-0.2, -0.15) is 4.31 Å². The van der Waals surface area contributed by atoms with E-state index in [1.807, 2.05) is 6.26 Å². The molecule has 1 aliphatic rings. The van der Waals surface area contributed by atoms with E-state index in [-0.39, 0.29) is 47.8 Å². The first-order valence-corrected chi connectivity index (χ1v) is 12.8. The number of imidazole rings is 1. The molecular formula is C21H20ClFN4O3S2. The second-order valence-electron chi connectivity index (χ2n) is 7.07. The number of rotatable bonds is 5. The molecule has 0 atom stereocenters. The number of carbonyl (C=O) groups is 1. The standard InChI is InChI=1S/C21H20ClFN4O3S2/c1-31-21-24-14-18(27(21)16-8-6-15(23)7-9-16)20(28)25-10-12-26(13-11-25)32(29,30)19-5-3-2-4-17(19)22/h2-9,14H,10-13H2,1H3. The maximum absolute atomic E-state index is 13.4. The van der Waals surface area contributed by atoms with Gasteiger partial charge in [-0.15, -0.1) is 0 Å². The molecule has 0 unspecified atom stereocenters. The summed E-state index contributed by atoms with van der Waals surface area (Å²) in [6, 6.07) is 12.1. The number of halogens is 2. The number of hydrogen-bond acceptors (Lipinski definition) is 5. The fraction of sp³-hybridized carbons (Fsp3) is 0.238. The minimum absolute atomic E-state index is 0.0560. The third-order valence-electron chi connectivity index (χ3n) is 5.20. The van der Waals surface area contributed by atoms with Crippen molar-refractivity contribution >= 4 is 39.3 Å². The molecule has 32 heavy (non-hydrogen) atoms. The highest BCUT2D eigenvalue weighted by Gasteiger charge is 2.32. The molecule has 0 bridgehead atoms. The van der Waals surface area contributed by atoms with Gasteiger partial charge in [0.2, 0.25) is 10.0 Å². The van der Waals surface area contributed by atoms with Gasteiger partial charge >= 0.3 is 0 Å². The molecule has 2 aromatic carbocycles. The van der Waals surface area contributed by atoms with E-state index >= 15 is 0 Å². The average molecular weight is 495 g/mol. The van der Waals surface area contributed by atoms with Crippen LogP contribution in [0.15, 0.2) is 64.8 Å². The molecule has 4 rings (SSSR count). The fourth-order valence-electron chi connectivity index (χ4n) is 3.56. The second kappa shape index (κ2) is 9.22. The van der Waals surface area contributed by atoms with E-state index in [4.69, 9.17) is 11.6 Å². The van der Waals surface area contributed by atoms with Crippen LogP contribution in [-0.2, 0) is 10.0 Å². The van der Waals surface area contributed by atoms with Gasteiger partial charge in [0.1, 0.15) is 16.4 Å². The van der Waals surface area contributed by atoms with E-state index in [9.17, 15) is 17.6 Å². The van der Waals surface area contributed by atoms with Gasteiger partial charge < -0.3 is 4.90 Å². The molecule has 0 N–H and O–H groups in total. The molecule has 1 amide bonds. The highest BCUT2D eigenvalue weighted by atomic mass is 35.5. The van der Waals surface area contributed by atoms with Gasteiger partial charge in [-0.3, -0.25) is 9.36 Å². The zero-order valence-corrected chi connectivity index (χ0v) is 19.5. The van der Waals surface area contributed by atoms with Crippen LogP contribution in [0.4, 0.5) is 4.39 Å². The molecular weight excluding hydrogens is 475 g/mol. The highest BCUT2D eigenvalue weighted by Crippen LogP contribution is 2.26.